The maximum atomic E-state index is 10.9. The van der Waals surface area contributed by atoms with Gasteiger partial charge in [0.05, 0.1) is 11.4 Å². The van der Waals surface area contributed by atoms with E-state index in [1.54, 1.807) is 17.6 Å². The van der Waals surface area contributed by atoms with Crippen molar-refractivity contribution in [2.75, 3.05) is 18.6 Å². The second-order valence-corrected chi connectivity index (χ2v) is 6.86. The van der Waals surface area contributed by atoms with Gasteiger partial charge in [0.25, 0.3) is 0 Å². The number of hydrogen-bond acceptors (Lipinski definition) is 4. The van der Waals surface area contributed by atoms with Gasteiger partial charge in [-0.05, 0) is 13.8 Å². The lowest BCUT2D eigenvalue weighted by molar-refractivity contribution is 0.672. The van der Waals surface area contributed by atoms with E-state index in [1.807, 2.05) is 6.92 Å². The maximum Gasteiger partial charge on any atom is 0.194 e. The summed E-state index contributed by atoms with van der Waals surface area (Å²) in [5, 5.41) is 3.31. The van der Waals surface area contributed by atoms with Gasteiger partial charge in [0.1, 0.15) is 0 Å². The van der Waals surface area contributed by atoms with Gasteiger partial charge in [-0.1, -0.05) is 0 Å². The topological polar surface area (TPSA) is 46.4 Å². The smallest absolute Gasteiger partial charge is 0.194 e. The van der Waals surface area contributed by atoms with Gasteiger partial charge in [-0.15, -0.1) is 11.3 Å². The third-order valence-electron chi connectivity index (χ3n) is 2.60. The Labute approximate surface area is 108 Å². The van der Waals surface area contributed by atoms with Crippen LogP contribution in [-0.2, 0) is 17.3 Å². The van der Waals surface area contributed by atoms with Crippen LogP contribution < -0.4 is 5.32 Å². The molecule has 0 bridgehead atoms. The molecule has 2 heterocycles. The molecule has 17 heavy (non-hydrogen) atoms. The number of fused-ring (bicyclic) bond motifs is 1. The molecule has 2 aromatic rings. The number of imidazole rings is 1. The van der Waals surface area contributed by atoms with Crippen LogP contribution in [0.2, 0.25) is 0 Å². The van der Waals surface area contributed by atoms with Gasteiger partial charge in [-0.2, -0.15) is 0 Å². The van der Waals surface area contributed by atoms with Crippen LogP contribution in [0.1, 0.15) is 16.3 Å². The second kappa shape index (κ2) is 5.29. The normalized spacial score (nSPS) is 13.4. The lowest BCUT2D eigenvalue weighted by Gasteiger charge is -2.03. The predicted molar refractivity (Wildman–Crippen MR) is 73.2 cm³/mol. The Bertz CT molecular complexity index is 544. The Kier molecular flexibility index (Phi) is 3.96. The lowest BCUT2D eigenvalue weighted by Crippen LogP contribution is -2.20. The molecule has 0 aliphatic rings. The Balaban J connectivity index is 2.06. The van der Waals surface area contributed by atoms with E-state index in [4.69, 9.17) is 0 Å². The van der Waals surface area contributed by atoms with Crippen molar-refractivity contribution in [1.82, 2.24) is 14.7 Å². The van der Waals surface area contributed by atoms with E-state index in [1.165, 1.54) is 10.6 Å². The van der Waals surface area contributed by atoms with Crippen molar-refractivity contribution in [3.05, 3.63) is 22.5 Å². The number of hydrogen-bond donors (Lipinski definition) is 1. The standard InChI is InChI=1S/C11H17N3OS2/c1-8-7-14-10(6-12-4-5-17(3)15)9(2)13-11(14)16-8/h7,12H,4-6H2,1-3H3. The molecule has 1 N–H and O–H groups in total. The monoisotopic (exact) mass is 271 g/mol. The van der Waals surface area contributed by atoms with Crippen LogP contribution in [0.25, 0.3) is 4.96 Å². The van der Waals surface area contributed by atoms with Crippen LogP contribution in [0, 0.1) is 13.8 Å². The molecule has 2 aromatic heterocycles. The highest BCUT2D eigenvalue weighted by Gasteiger charge is 2.10. The van der Waals surface area contributed by atoms with Crippen LogP contribution in [0.5, 0.6) is 0 Å². The van der Waals surface area contributed by atoms with Crippen molar-refractivity contribution < 1.29 is 4.21 Å². The minimum atomic E-state index is -0.725. The van der Waals surface area contributed by atoms with Crippen LogP contribution in [0.3, 0.4) is 0 Å². The van der Waals surface area contributed by atoms with Gasteiger partial charge in [0.15, 0.2) is 4.96 Å². The summed E-state index contributed by atoms with van der Waals surface area (Å²) in [6, 6.07) is 0. The zero-order chi connectivity index (χ0) is 12.4. The van der Waals surface area contributed by atoms with Gasteiger partial charge >= 0.3 is 0 Å². The molecule has 0 aliphatic heterocycles. The van der Waals surface area contributed by atoms with Gasteiger partial charge < -0.3 is 5.32 Å². The molecule has 4 nitrogen and oxygen atoms in total. The van der Waals surface area contributed by atoms with Gasteiger partial charge in [-0.25, -0.2) is 4.98 Å². The number of nitrogens with one attached hydrogen (secondary N) is 1. The summed E-state index contributed by atoms with van der Waals surface area (Å²) >= 11 is 1.71. The predicted octanol–water partition coefficient (Wildman–Crippen LogP) is 1.48. The second-order valence-electron chi connectivity index (χ2n) is 4.09. The molecule has 1 unspecified atom stereocenters. The molecule has 2 rings (SSSR count). The summed E-state index contributed by atoms with van der Waals surface area (Å²) in [5.74, 6) is 0.698. The van der Waals surface area contributed by atoms with Gasteiger partial charge in [0.2, 0.25) is 0 Å². The molecular weight excluding hydrogens is 254 g/mol. The van der Waals surface area contributed by atoms with E-state index in [9.17, 15) is 4.21 Å². The summed E-state index contributed by atoms with van der Waals surface area (Å²) < 4.78 is 13.1. The number of rotatable bonds is 5. The molecule has 0 aliphatic carbocycles. The molecule has 0 spiro atoms. The fourth-order valence-corrected chi connectivity index (χ4v) is 3.07. The average Bonchev–Trinajstić information content (AvgIpc) is 2.69. The van der Waals surface area contributed by atoms with Crippen molar-refractivity contribution in [3.8, 4) is 0 Å². The zero-order valence-electron chi connectivity index (χ0n) is 10.3. The zero-order valence-corrected chi connectivity index (χ0v) is 12.0. The van der Waals surface area contributed by atoms with Crippen molar-refractivity contribution >= 4 is 27.1 Å². The summed E-state index contributed by atoms with van der Waals surface area (Å²) in [5.41, 5.74) is 2.27. The van der Waals surface area contributed by atoms with Gasteiger partial charge in [-0.3, -0.25) is 8.61 Å². The highest BCUT2D eigenvalue weighted by molar-refractivity contribution is 7.84. The molecule has 0 fully saturated rings. The quantitative estimate of drug-likeness (QED) is 0.838. The van der Waals surface area contributed by atoms with Gasteiger partial charge in [0, 0.05) is 47.0 Å². The molecule has 0 radical (unpaired) electrons. The Morgan fingerprint density at radius 1 is 1.53 bits per heavy atom. The highest BCUT2D eigenvalue weighted by atomic mass is 32.2. The first-order valence-electron chi connectivity index (χ1n) is 5.52. The van der Waals surface area contributed by atoms with E-state index >= 15 is 0 Å². The van der Waals surface area contributed by atoms with Crippen molar-refractivity contribution in [2.24, 2.45) is 0 Å². The molecule has 94 valence electrons. The Hall–Kier alpha value is -0.720. The van der Waals surface area contributed by atoms with E-state index < -0.39 is 10.8 Å². The summed E-state index contributed by atoms with van der Waals surface area (Å²) in [4.78, 5) is 6.85. The van der Waals surface area contributed by atoms with E-state index in [0.29, 0.717) is 5.75 Å². The first kappa shape index (κ1) is 12.7. The molecule has 0 aromatic carbocycles. The van der Waals surface area contributed by atoms with E-state index in [-0.39, 0.29) is 0 Å². The molecular formula is C11H17N3OS2. The van der Waals surface area contributed by atoms with Crippen LogP contribution in [0.15, 0.2) is 6.20 Å². The number of thiazole rings is 1. The number of aryl methyl sites for hydroxylation is 2. The first-order valence-corrected chi connectivity index (χ1v) is 8.07. The Morgan fingerprint density at radius 3 is 3.00 bits per heavy atom. The Morgan fingerprint density at radius 2 is 2.29 bits per heavy atom. The first-order chi connectivity index (χ1) is 8.08. The summed E-state index contributed by atoms with van der Waals surface area (Å²) in [6.45, 7) is 5.68. The SMILES string of the molecule is Cc1cn2c(CNCCS(C)=O)c(C)nc2s1. The van der Waals surface area contributed by atoms with Crippen LogP contribution >= 0.6 is 11.3 Å². The largest absolute Gasteiger partial charge is 0.310 e. The molecule has 6 heteroatoms. The molecule has 0 amide bonds. The van der Waals surface area contributed by atoms with Crippen LogP contribution in [-0.4, -0.2) is 32.1 Å². The van der Waals surface area contributed by atoms with Crippen molar-refractivity contribution in [2.45, 2.75) is 20.4 Å². The average molecular weight is 271 g/mol. The maximum absolute atomic E-state index is 10.9. The summed E-state index contributed by atoms with van der Waals surface area (Å²) in [6.07, 6.45) is 3.85. The third kappa shape index (κ3) is 2.94. The van der Waals surface area contributed by atoms with Crippen molar-refractivity contribution in [1.29, 1.82) is 0 Å². The van der Waals surface area contributed by atoms with Crippen LogP contribution in [0.4, 0.5) is 0 Å². The summed E-state index contributed by atoms with van der Waals surface area (Å²) in [7, 11) is -0.725. The lowest BCUT2D eigenvalue weighted by atomic mass is 10.3. The third-order valence-corrected chi connectivity index (χ3v) is 4.28. The minimum Gasteiger partial charge on any atom is -0.310 e. The molecule has 1 atom stereocenters. The number of nitrogens with zero attached hydrogens (tertiary/aromatic N) is 2. The minimum absolute atomic E-state index is 0.698. The van der Waals surface area contributed by atoms with Crippen molar-refractivity contribution in [3.63, 3.8) is 0 Å². The fourth-order valence-electron chi connectivity index (χ4n) is 1.74. The molecule has 0 saturated carbocycles. The number of aromatic nitrogens is 2. The fraction of sp³-hybridized carbons (Fsp3) is 0.545. The molecule has 0 saturated heterocycles. The van der Waals surface area contributed by atoms with E-state index in [0.717, 1.165) is 23.7 Å². The van der Waals surface area contributed by atoms with E-state index in [2.05, 4.69) is 27.8 Å². The highest BCUT2D eigenvalue weighted by Crippen LogP contribution is 2.20.